The first-order chi connectivity index (χ1) is 33.4. The van der Waals surface area contributed by atoms with Gasteiger partial charge in [0.1, 0.15) is 12.3 Å². The van der Waals surface area contributed by atoms with Gasteiger partial charge in [-0.3, -0.25) is 19.4 Å². The molecule has 0 aliphatic heterocycles. The van der Waals surface area contributed by atoms with Gasteiger partial charge in [-0.1, -0.05) is 122 Å². The van der Waals surface area contributed by atoms with Crippen molar-refractivity contribution in [2.75, 3.05) is 14.1 Å². The zero-order chi connectivity index (χ0) is 48.9. The van der Waals surface area contributed by atoms with Crippen molar-refractivity contribution >= 4 is 81.3 Å². The molecule has 0 amide bonds. The van der Waals surface area contributed by atoms with Crippen LogP contribution in [0.5, 0.6) is 0 Å². The summed E-state index contributed by atoms with van der Waals surface area (Å²) >= 11 is 0. The Morgan fingerprint density at radius 1 is 0.565 bits per heavy atom. The van der Waals surface area contributed by atoms with E-state index in [0.717, 1.165) is 94.4 Å². The average molecular weight is 923 g/mol. The van der Waals surface area contributed by atoms with Gasteiger partial charge in [-0.25, -0.2) is 0 Å². The van der Waals surface area contributed by atoms with Crippen molar-refractivity contribution in [1.82, 2.24) is 9.80 Å². The molecule has 0 unspecified atom stereocenters. The standard InChI is InChI=1S/C58H66B2N3O6/c1-42(2)58(65)29-9-5-7-21-47(64)22-8-6-18-35-63-36-34-44(48-23-14-17-28-57(48)63)32-30-43-31-33-51-52(37-43)54(41-62(4)39-46-20-11-16-27-56(46)60(68)69)50-25-13-12-24-49(50)53(51)40-61(3)38-45-19-10-15-26-55(45)59(66)67/h10-17,19-20,23-28,30-34,36-37,66-69H,1,5-9,18,21-22,29,35,38-41H2,2-4H3/q+1/b32-30+. The molecule has 0 aliphatic carbocycles. The number of Topliss-reactive ketones (excluding diaryl/α,β-unsaturated/α-hetero) is 2. The van der Waals surface area contributed by atoms with E-state index in [0.29, 0.717) is 67.7 Å². The molecule has 69 heavy (non-hydrogen) atoms. The van der Waals surface area contributed by atoms with E-state index < -0.39 is 14.2 Å². The largest absolute Gasteiger partial charge is 0.488 e. The molecule has 0 spiro atoms. The van der Waals surface area contributed by atoms with E-state index in [1.54, 1.807) is 19.1 Å². The maximum absolute atomic E-state index is 12.5. The number of hydrogen-bond donors (Lipinski definition) is 4. The smallest absolute Gasteiger partial charge is 0.423 e. The fourth-order valence-electron chi connectivity index (χ4n) is 9.65. The Labute approximate surface area is 408 Å². The predicted molar refractivity (Wildman–Crippen MR) is 284 cm³/mol. The van der Waals surface area contributed by atoms with Gasteiger partial charge in [-0.2, -0.15) is 4.57 Å². The van der Waals surface area contributed by atoms with Crippen molar-refractivity contribution in [2.45, 2.75) is 97.4 Å². The highest BCUT2D eigenvalue weighted by molar-refractivity contribution is 6.59. The van der Waals surface area contributed by atoms with E-state index >= 15 is 0 Å². The topological polar surface area (TPSA) is 125 Å². The SMILES string of the molecule is C=C(C)C(=O)CCCCCC(=O)CCCCC[n+]1ccc(/C=C/c2ccc3c(CN(C)Cc4ccccc4B(O)O)c4ccccc4c(CN(C)Cc4ccccc4B(O)O)c3c2)c2ccccc21. The second-order valence-electron chi connectivity index (χ2n) is 18.7. The molecule has 7 aromatic rings. The Balaban J connectivity index is 1.13. The first-order valence-electron chi connectivity index (χ1n) is 24.4. The highest BCUT2D eigenvalue weighted by atomic mass is 16.4. The minimum atomic E-state index is -1.56. The molecule has 7 rings (SSSR count). The van der Waals surface area contributed by atoms with Crippen LogP contribution in [0.2, 0.25) is 0 Å². The first-order valence-corrected chi connectivity index (χ1v) is 24.4. The first kappa shape index (κ1) is 50.8. The van der Waals surface area contributed by atoms with E-state index in [9.17, 15) is 29.7 Å². The molecule has 4 N–H and O–H groups in total. The lowest BCUT2D eigenvalue weighted by molar-refractivity contribution is -0.671. The molecule has 354 valence electrons. The Morgan fingerprint density at radius 3 is 1.67 bits per heavy atom. The Morgan fingerprint density at radius 2 is 1.07 bits per heavy atom. The summed E-state index contributed by atoms with van der Waals surface area (Å²) in [5.41, 5.74) is 9.03. The van der Waals surface area contributed by atoms with Crippen LogP contribution in [0, 0.1) is 0 Å². The quantitative estimate of drug-likeness (QED) is 0.0148. The molecular formula is C58H66B2N3O6+. The number of aryl methyl sites for hydroxylation is 1. The Bertz CT molecular complexity index is 2950. The third kappa shape index (κ3) is 13.4. The number of carbonyl (C=O) groups excluding carboxylic acids is 2. The van der Waals surface area contributed by atoms with E-state index in [2.05, 4.69) is 126 Å². The number of fused-ring (bicyclic) bond motifs is 3. The maximum Gasteiger partial charge on any atom is 0.488 e. The third-order valence-corrected chi connectivity index (χ3v) is 13.3. The van der Waals surface area contributed by atoms with Crippen molar-refractivity contribution in [3.8, 4) is 0 Å². The third-order valence-electron chi connectivity index (χ3n) is 13.3. The molecule has 0 radical (unpaired) electrons. The van der Waals surface area contributed by atoms with Crippen molar-refractivity contribution in [3.63, 3.8) is 0 Å². The van der Waals surface area contributed by atoms with Crippen molar-refractivity contribution in [3.05, 3.63) is 173 Å². The van der Waals surface area contributed by atoms with E-state index in [4.69, 9.17) is 0 Å². The number of rotatable bonds is 25. The number of unbranched alkanes of at least 4 members (excludes halogenated alkanes) is 4. The molecule has 11 heteroatoms. The molecule has 0 atom stereocenters. The van der Waals surface area contributed by atoms with Gasteiger partial charge in [0, 0.05) is 64.0 Å². The molecule has 9 nitrogen and oxygen atoms in total. The summed E-state index contributed by atoms with van der Waals surface area (Å²) < 4.78 is 2.31. The number of para-hydroxylation sites is 1. The van der Waals surface area contributed by atoms with E-state index in [1.165, 1.54) is 16.5 Å². The fourth-order valence-corrected chi connectivity index (χ4v) is 9.65. The number of allylic oxidation sites excluding steroid dienone is 1. The van der Waals surface area contributed by atoms with Crippen LogP contribution in [0.1, 0.15) is 98.1 Å². The van der Waals surface area contributed by atoms with Gasteiger partial charge < -0.3 is 20.1 Å². The number of ketones is 2. The zero-order valence-corrected chi connectivity index (χ0v) is 40.5. The average Bonchev–Trinajstić information content (AvgIpc) is 3.34. The monoisotopic (exact) mass is 923 g/mol. The molecule has 0 fully saturated rings. The molecule has 6 aromatic carbocycles. The van der Waals surface area contributed by atoms with Gasteiger partial charge in [0.25, 0.3) is 0 Å². The Hall–Kier alpha value is -6.04. The van der Waals surface area contributed by atoms with Crippen molar-refractivity contribution in [2.24, 2.45) is 0 Å². The van der Waals surface area contributed by atoms with Gasteiger partial charge in [-0.05, 0) is 130 Å². The van der Waals surface area contributed by atoms with Gasteiger partial charge >= 0.3 is 14.2 Å². The summed E-state index contributed by atoms with van der Waals surface area (Å²) in [5.74, 6) is 0.428. The van der Waals surface area contributed by atoms with Crippen molar-refractivity contribution in [1.29, 1.82) is 0 Å². The number of pyridine rings is 1. The summed E-state index contributed by atoms with van der Waals surface area (Å²) in [6.45, 7) is 8.61. The summed E-state index contributed by atoms with van der Waals surface area (Å²) in [5, 5.41) is 46.3. The summed E-state index contributed by atoms with van der Waals surface area (Å²) in [7, 11) is 1.01. The lowest BCUT2D eigenvalue weighted by atomic mass is 9.77. The van der Waals surface area contributed by atoms with Crippen LogP contribution in [0.3, 0.4) is 0 Å². The second-order valence-corrected chi connectivity index (χ2v) is 18.7. The van der Waals surface area contributed by atoms with E-state index in [1.807, 2.05) is 36.4 Å². The maximum atomic E-state index is 12.5. The van der Waals surface area contributed by atoms with Crippen LogP contribution in [-0.2, 0) is 42.3 Å². The Kier molecular flexibility index (Phi) is 18.0. The predicted octanol–water partition coefficient (Wildman–Crippen LogP) is 8.45. The molecule has 0 aliphatic rings. The van der Waals surface area contributed by atoms with Crippen LogP contribution in [-0.4, -0.2) is 69.8 Å². The molecular weight excluding hydrogens is 856 g/mol. The normalized spacial score (nSPS) is 11.7. The lowest BCUT2D eigenvalue weighted by Gasteiger charge is -2.25. The van der Waals surface area contributed by atoms with E-state index in [-0.39, 0.29) is 5.78 Å². The minimum absolute atomic E-state index is 0.115. The molecule has 0 saturated carbocycles. The van der Waals surface area contributed by atoms with Crippen LogP contribution in [0.4, 0.5) is 0 Å². The highest BCUT2D eigenvalue weighted by Crippen LogP contribution is 2.36. The molecule has 0 saturated heterocycles. The van der Waals surface area contributed by atoms with Crippen LogP contribution < -0.4 is 15.5 Å². The number of benzene rings is 6. The van der Waals surface area contributed by atoms with Gasteiger partial charge in [0.2, 0.25) is 5.52 Å². The summed E-state index contributed by atoms with van der Waals surface area (Å²) in [4.78, 5) is 28.7. The fraction of sp³-hybridized carbons (Fsp3) is 0.293. The highest BCUT2D eigenvalue weighted by Gasteiger charge is 2.21. The summed E-state index contributed by atoms with van der Waals surface area (Å²) in [6.07, 6.45) is 13.7. The number of nitrogens with zero attached hydrogens (tertiary/aromatic N) is 3. The number of aromatic nitrogens is 1. The zero-order valence-electron chi connectivity index (χ0n) is 40.5. The molecule has 1 aromatic heterocycles. The van der Waals surface area contributed by atoms with Crippen LogP contribution in [0.25, 0.3) is 44.6 Å². The summed E-state index contributed by atoms with van der Waals surface area (Å²) in [6, 6.07) is 40.9. The van der Waals surface area contributed by atoms with Crippen LogP contribution in [0.15, 0.2) is 140 Å². The minimum Gasteiger partial charge on any atom is -0.423 e. The lowest BCUT2D eigenvalue weighted by Crippen LogP contribution is -2.35. The van der Waals surface area contributed by atoms with Crippen LogP contribution >= 0.6 is 0 Å². The number of hydrogen-bond acceptors (Lipinski definition) is 8. The van der Waals surface area contributed by atoms with Gasteiger partial charge in [0.05, 0.1) is 5.39 Å². The molecule has 1 heterocycles. The van der Waals surface area contributed by atoms with Crippen molar-refractivity contribution < 1.29 is 34.3 Å². The number of carbonyl (C=O) groups is 2. The van der Waals surface area contributed by atoms with Gasteiger partial charge in [0.15, 0.2) is 12.0 Å². The van der Waals surface area contributed by atoms with Gasteiger partial charge in [-0.15, -0.1) is 0 Å². The second kappa shape index (κ2) is 24.5. The molecule has 0 bridgehead atoms.